The minimum absolute atomic E-state index is 0.0187. The van der Waals surface area contributed by atoms with Crippen LogP contribution in [0.25, 0.3) is 0 Å². The molecule has 0 saturated carbocycles. The number of guanidine groups is 1. The molecule has 3 nitrogen and oxygen atoms in total. The predicted octanol–water partition coefficient (Wildman–Crippen LogP) is 0.867. The third kappa shape index (κ3) is 1.41. The predicted molar refractivity (Wildman–Crippen MR) is 50.0 cm³/mol. The minimum Gasteiger partial charge on any atom is -0.368 e. The van der Waals surface area contributed by atoms with E-state index in [1.807, 2.05) is 6.92 Å². The molecule has 1 aliphatic heterocycles. The lowest BCUT2D eigenvalue weighted by molar-refractivity contribution is 1.37. The second kappa shape index (κ2) is 2.75. The molecule has 0 aromatic rings. The molecule has 0 spiro atoms. The van der Waals surface area contributed by atoms with Crippen molar-refractivity contribution in [3.8, 4) is 0 Å². The summed E-state index contributed by atoms with van der Waals surface area (Å²) >= 11 is 8.20. The van der Waals surface area contributed by atoms with Gasteiger partial charge in [-0.2, -0.15) is 0 Å². The summed E-state index contributed by atoms with van der Waals surface area (Å²) in [5.41, 5.74) is 6.19. The maximum Gasteiger partial charge on any atom is 0.221 e. The van der Waals surface area contributed by atoms with E-state index in [-0.39, 0.29) is 10.8 Å². The summed E-state index contributed by atoms with van der Waals surface area (Å²) in [6, 6.07) is 0. The monoisotopic (exact) mass is 219 g/mol. The van der Waals surface area contributed by atoms with Crippen LogP contribution in [0.5, 0.6) is 0 Å². The maximum absolute atomic E-state index is 5.33. The van der Waals surface area contributed by atoms with Crippen LogP contribution in [0.3, 0.4) is 0 Å². The van der Waals surface area contributed by atoms with Crippen LogP contribution in [-0.4, -0.2) is 21.5 Å². The van der Waals surface area contributed by atoms with Crippen molar-refractivity contribution in [2.45, 2.75) is 11.8 Å². The Hall–Kier alpha value is -0.290. The summed E-state index contributed by atoms with van der Waals surface area (Å²) in [6.07, 6.45) is 0. The van der Waals surface area contributed by atoms with Crippen molar-refractivity contribution in [2.24, 2.45) is 15.7 Å². The van der Waals surface area contributed by atoms with Crippen LogP contribution >= 0.6 is 28.1 Å². The summed E-state index contributed by atoms with van der Waals surface area (Å²) in [7, 11) is 0. The average molecular weight is 220 g/mol. The number of hydrogen-bond acceptors (Lipinski definition) is 3. The number of hydrogen-bond donors (Lipinski definition) is 1. The zero-order valence-electron chi connectivity index (χ0n) is 5.34. The van der Waals surface area contributed by atoms with Crippen LogP contribution in [0.4, 0.5) is 0 Å². The standard InChI is InChI=1S/C5H6BrN3S/c1-2-3(6)4(10)9-5(7)8-2/h3H,1H3,(H2,7,9,10). The fraction of sp³-hybridized carbons (Fsp3) is 0.400. The van der Waals surface area contributed by atoms with E-state index in [0.29, 0.717) is 4.99 Å². The van der Waals surface area contributed by atoms with E-state index in [0.717, 1.165) is 5.71 Å². The Morgan fingerprint density at radius 3 is 2.70 bits per heavy atom. The number of halogens is 1. The van der Waals surface area contributed by atoms with Gasteiger partial charge in [0.15, 0.2) is 0 Å². The van der Waals surface area contributed by atoms with E-state index in [9.17, 15) is 0 Å². The molecule has 5 heteroatoms. The molecule has 0 saturated heterocycles. The topological polar surface area (TPSA) is 50.7 Å². The number of rotatable bonds is 0. The lowest BCUT2D eigenvalue weighted by Gasteiger charge is -2.11. The van der Waals surface area contributed by atoms with Crippen molar-refractivity contribution in [1.82, 2.24) is 0 Å². The van der Waals surface area contributed by atoms with Crippen molar-refractivity contribution in [3.05, 3.63) is 0 Å². The van der Waals surface area contributed by atoms with Gasteiger partial charge in [0.2, 0.25) is 5.96 Å². The van der Waals surface area contributed by atoms with Gasteiger partial charge in [0.25, 0.3) is 0 Å². The molecule has 1 atom stereocenters. The average Bonchev–Trinajstić information content (AvgIpc) is 1.82. The number of alkyl halides is 1. The van der Waals surface area contributed by atoms with Crippen molar-refractivity contribution >= 4 is 44.8 Å². The fourth-order valence-electron chi connectivity index (χ4n) is 0.611. The zero-order chi connectivity index (χ0) is 7.72. The molecule has 10 heavy (non-hydrogen) atoms. The van der Waals surface area contributed by atoms with E-state index in [1.54, 1.807) is 0 Å². The fourth-order valence-corrected chi connectivity index (χ4v) is 1.08. The number of nitrogens with two attached hydrogens (primary N) is 1. The highest BCUT2D eigenvalue weighted by atomic mass is 79.9. The first-order valence-corrected chi connectivity index (χ1v) is 4.01. The molecule has 2 N–H and O–H groups in total. The first-order valence-electron chi connectivity index (χ1n) is 2.68. The summed E-state index contributed by atoms with van der Waals surface area (Å²) in [4.78, 5) is 8.26. The van der Waals surface area contributed by atoms with Crippen molar-refractivity contribution in [3.63, 3.8) is 0 Å². The van der Waals surface area contributed by atoms with Crippen LogP contribution in [-0.2, 0) is 0 Å². The molecular weight excluding hydrogens is 214 g/mol. The molecule has 0 aromatic carbocycles. The van der Waals surface area contributed by atoms with Gasteiger partial charge in [-0.3, -0.25) is 0 Å². The van der Waals surface area contributed by atoms with Crippen LogP contribution in [0.1, 0.15) is 6.92 Å². The van der Waals surface area contributed by atoms with Gasteiger partial charge in [-0.15, -0.1) is 0 Å². The van der Waals surface area contributed by atoms with Gasteiger partial charge in [0.1, 0.15) is 9.82 Å². The van der Waals surface area contributed by atoms with Gasteiger partial charge in [-0.1, -0.05) is 28.1 Å². The Morgan fingerprint density at radius 2 is 2.20 bits per heavy atom. The Labute approximate surface area is 72.6 Å². The van der Waals surface area contributed by atoms with Gasteiger partial charge in [0.05, 0.1) is 0 Å². The van der Waals surface area contributed by atoms with E-state index in [4.69, 9.17) is 18.0 Å². The number of thiocarbonyl (C=S) groups is 1. The SMILES string of the molecule is CC1=NC(N)=NC(=S)C1Br. The molecule has 1 heterocycles. The van der Waals surface area contributed by atoms with E-state index >= 15 is 0 Å². The molecule has 0 fully saturated rings. The van der Waals surface area contributed by atoms with Crippen LogP contribution in [0.2, 0.25) is 0 Å². The lowest BCUT2D eigenvalue weighted by Crippen LogP contribution is -2.28. The smallest absolute Gasteiger partial charge is 0.221 e. The van der Waals surface area contributed by atoms with E-state index in [2.05, 4.69) is 25.9 Å². The first-order chi connectivity index (χ1) is 4.61. The van der Waals surface area contributed by atoms with Gasteiger partial charge < -0.3 is 5.73 Å². The second-order valence-electron chi connectivity index (χ2n) is 1.92. The maximum atomic E-state index is 5.33. The molecule has 0 bridgehead atoms. The summed E-state index contributed by atoms with van der Waals surface area (Å²) in [5.74, 6) is 0.248. The Balaban J connectivity index is 2.95. The van der Waals surface area contributed by atoms with Crippen molar-refractivity contribution in [2.75, 3.05) is 0 Å². The molecule has 1 rings (SSSR count). The largest absolute Gasteiger partial charge is 0.368 e. The molecular formula is C5H6BrN3S. The third-order valence-corrected chi connectivity index (χ3v) is 2.83. The van der Waals surface area contributed by atoms with Gasteiger partial charge in [0, 0.05) is 5.71 Å². The van der Waals surface area contributed by atoms with E-state index < -0.39 is 0 Å². The number of nitrogens with zero attached hydrogens (tertiary/aromatic N) is 2. The summed E-state index contributed by atoms with van der Waals surface area (Å²) < 4.78 is 0. The van der Waals surface area contributed by atoms with Crippen LogP contribution in [0, 0.1) is 0 Å². The first kappa shape index (κ1) is 7.81. The normalized spacial score (nSPS) is 25.8. The Kier molecular flexibility index (Phi) is 2.15. The molecule has 0 amide bonds. The second-order valence-corrected chi connectivity index (χ2v) is 3.26. The molecule has 0 radical (unpaired) electrons. The Morgan fingerprint density at radius 1 is 1.60 bits per heavy atom. The molecule has 1 unspecified atom stereocenters. The molecule has 0 aliphatic carbocycles. The van der Waals surface area contributed by atoms with Crippen molar-refractivity contribution in [1.29, 1.82) is 0 Å². The Bertz CT molecular complexity index is 233. The number of aliphatic imine (C=N–C) groups is 2. The molecule has 0 aromatic heterocycles. The lowest BCUT2D eigenvalue weighted by atomic mass is 10.3. The van der Waals surface area contributed by atoms with Crippen molar-refractivity contribution < 1.29 is 0 Å². The quantitative estimate of drug-likeness (QED) is 0.486. The summed E-state index contributed by atoms with van der Waals surface area (Å²) in [6.45, 7) is 1.85. The highest BCUT2D eigenvalue weighted by Crippen LogP contribution is 2.10. The molecule has 54 valence electrons. The summed E-state index contributed by atoms with van der Waals surface area (Å²) in [5, 5.41) is 0. The van der Waals surface area contributed by atoms with Gasteiger partial charge in [-0.25, -0.2) is 9.98 Å². The van der Waals surface area contributed by atoms with Gasteiger partial charge >= 0.3 is 0 Å². The zero-order valence-corrected chi connectivity index (χ0v) is 7.74. The van der Waals surface area contributed by atoms with Crippen LogP contribution in [0.15, 0.2) is 9.98 Å². The highest BCUT2D eigenvalue weighted by Gasteiger charge is 2.17. The van der Waals surface area contributed by atoms with E-state index in [1.165, 1.54) is 0 Å². The third-order valence-electron chi connectivity index (χ3n) is 1.10. The van der Waals surface area contributed by atoms with Gasteiger partial charge in [-0.05, 0) is 6.92 Å². The minimum atomic E-state index is -0.0187. The van der Waals surface area contributed by atoms with Crippen LogP contribution < -0.4 is 5.73 Å². The highest BCUT2D eigenvalue weighted by molar-refractivity contribution is 9.10. The molecule has 1 aliphatic rings.